The molecule has 0 atom stereocenters. The molecule has 0 amide bonds. The van der Waals surface area contributed by atoms with Gasteiger partial charge in [0.15, 0.2) is 0 Å². The van der Waals surface area contributed by atoms with E-state index in [0.29, 0.717) is 0 Å². The van der Waals surface area contributed by atoms with Crippen molar-refractivity contribution in [2.75, 3.05) is 4.72 Å². The average molecular weight is 383 g/mol. The number of hydrogen-bond acceptors (Lipinski definition) is 4. The normalized spacial score (nSPS) is 11.0. The maximum absolute atomic E-state index is 4.49. The molecule has 2 N–H and O–H groups in total. The molecule has 28 heavy (non-hydrogen) atoms. The molecule has 0 bridgehead atoms. The predicted octanol–water partition coefficient (Wildman–Crippen LogP) is 5.53. The molecule has 0 saturated carbocycles. The summed E-state index contributed by atoms with van der Waals surface area (Å²) in [6.45, 7) is 0. The quantitative estimate of drug-likeness (QED) is 0.392. The van der Waals surface area contributed by atoms with Crippen LogP contribution < -0.4 is 4.72 Å². The van der Waals surface area contributed by atoms with E-state index in [1.165, 1.54) is 0 Å². The van der Waals surface area contributed by atoms with Gasteiger partial charge in [-0.2, -0.15) is 5.10 Å². The third kappa shape index (κ3) is 3.14. The molecule has 3 heterocycles. The van der Waals surface area contributed by atoms with Gasteiger partial charge >= 0.3 is 0 Å². The molecule has 0 aliphatic heterocycles. The third-order valence-corrected chi connectivity index (χ3v) is 5.35. The number of pyridine rings is 1. The van der Waals surface area contributed by atoms with Crippen LogP contribution in [0.25, 0.3) is 27.8 Å². The zero-order chi connectivity index (χ0) is 18.8. The highest BCUT2D eigenvalue weighted by atomic mass is 32.2. The lowest BCUT2D eigenvalue weighted by atomic mass is 10.0. The lowest BCUT2D eigenvalue weighted by Gasteiger charge is -2.09. The lowest BCUT2D eigenvalue weighted by Crippen LogP contribution is -1.94. The molecule has 5 aromatic rings. The summed E-state index contributed by atoms with van der Waals surface area (Å²) in [5.41, 5.74) is 5.12. The molecule has 0 spiro atoms. The van der Waals surface area contributed by atoms with Crippen LogP contribution in [0.1, 0.15) is 0 Å². The minimum Gasteiger partial charge on any atom is -0.345 e. The largest absolute Gasteiger partial charge is 0.345 e. The summed E-state index contributed by atoms with van der Waals surface area (Å²) in [7, 11) is 0. The monoisotopic (exact) mass is 383 g/mol. The summed E-state index contributed by atoms with van der Waals surface area (Å²) in [6.07, 6.45) is 7.55. The van der Waals surface area contributed by atoms with Gasteiger partial charge < -0.3 is 9.71 Å². The number of nitrogens with one attached hydrogen (secondary N) is 2. The second-order valence-corrected chi connectivity index (χ2v) is 7.18. The molecule has 6 heteroatoms. The van der Waals surface area contributed by atoms with E-state index in [4.69, 9.17) is 0 Å². The van der Waals surface area contributed by atoms with Gasteiger partial charge in [0.25, 0.3) is 0 Å². The van der Waals surface area contributed by atoms with Gasteiger partial charge in [0.05, 0.1) is 16.8 Å². The predicted molar refractivity (Wildman–Crippen MR) is 115 cm³/mol. The topological polar surface area (TPSA) is 58.5 Å². The molecule has 136 valence electrons. The maximum Gasteiger partial charge on any atom is 0.139 e. The van der Waals surface area contributed by atoms with Crippen LogP contribution in [0.4, 0.5) is 5.69 Å². The summed E-state index contributed by atoms with van der Waals surface area (Å²) in [5, 5.41) is 5.41. The van der Waals surface area contributed by atoms with Crippen molar-refractivity contribution in [3.8, 4) is 16.8 Å². The summed E-state index contributed by atoms with van der Waals surface area (Å²) in [5.74, 6) is 0. The zero-order valence-corrected chi connectivity index (χ0v) is 15.7. The standard InChI is InChI=1S/C22H17N5S/c1-2-8-18(9-3-1)28-26-20-10-12-23-22-21(20)19(15-24-22)16-6-4-7-17(14-16)27-13-5-11-25-27/h1-15H,(H2,23,24,26). The van der Waals surface area contributed by atoms with Crippen LogP contribution in [0, 0.1) is 0 Å². The molecule has 3 aromatic heterocycles. The molecular weight excluding hydrogens is 366 g/mol. The summed E-state index contributed by atoms with van der Waals surface area (Å²) < 4.78 is 5.34. The number of nitrogens with zero attached hydrogens (tertiary/aromatic N) is 3. The van der Waals surface area contributed by atoms with E-state index in [-0.39, 0.29) is 0 Å². The number of fused-ring (bicyclic) bond motifs is 1. The number of aromatic nitrogens is 4. The van der Waals surface area contributed by atoms with Gasteiger partial charge in [-0.3, -0.25) is 0 Å². The highest BCUT2D eigenvalue weighted by Crippen LogP contribution is 2.35. The Balaban J connectivity index is 1.55. The van der Waals surface area contributed by atoms with E-state index >= 15 is 0 Å². The molecule has 5 nitrogen and oxygen atoms in total. The van der Waals surface area contributed by atoms with Crippen LogP contribution in [-0.2, 0) is 0 Å². The van der Waals surface area contributed by atoms with Crippen molar-refractivity contribution in [1.82, 2.24) is 19.7 Å². The highest BCUT2D eigenvalue weighted by Gasteiger charge is 2.12. The Morgan fingerprint density at radius 3 is 2.71 bits per heavy atom. The average Bonchev–Trinajstić information content (AvgIpc) is 3.43. The Bertz CT molecular complexity index is 1210. The molecule has 5 rings (SSSR count). The Labute approximate surface area is 166 Å². The Morgan fingerprint density at radius 2 is 1.86 bits per heavy atom. The van der Waals surface area contributed by atoms with Gasteiger partial charge in [0, 0.05) is 35.2 Å². The van der Waals surface area contributed by atoms with Crippen molar-refractivity contribution >= 4 is 28.7 Å². The van der Waals surface area contributed by atoms with Crippen molar-refractivity contribution in [2.24, 2.45) is 0 Å². The van der Waals surface area contributed by atoms with Gasteiger partial charge in [-0.15, -0.1) is 0 Å². The van der Waals surface area contributed by atoms with Gasteiger partial charge in [0.2, 0.25) is 0 Å². The van der Waals surface area contributed by atoms with Crippen molar-refractivity contribution in [2.45, 2.75) is 4.90 Å². The van der Waals surface area contributed by atoms with Crippen molar-refractivity contribution in [3.63, 3.8) is 0 Å². The molecular formula is C22H17N5S. The fourth-order valence-electron chi connectivity index (χ4n) is 3.21. The lowest BCUT2D eigenvalue weighted by molar-refractivity contribution is 0.881. The van der Waals surface area contributed by atoms with Gasteiger partial charge in [0.1, 0.15) is 5.65 Å². The molecule has 0 aliphatic carbocycles. The number of aromatic amines is 1. The summed E-state index contributed by atoms with van der Waals surface area (Å²) in [6, 6.07) is 22.5. The summed E-state index contributed by atoms with van der Waals surface area (Å²) >= 11 is 1.59. The zero-order valence-electron chi connectivity index (χ0n) is 14.9. The smallest absolute Gasteiger partial charge is 0.139 e. The fourth-order valence-corrected chi connectivity index (χ4v) is 3.90. The maximum atomic E-state index is 4.49. The number of H-pyrrole nitrogens is 1. The first kappa shape index (κ1) is 16.6. The number of benzene rings is 2. The van der Waals surface area contributed by atoms with Gasteiger partial charge in [-0.25, -0.2) is 9.67 Å². The first-order chi connectivity index (χ1) is 13.9. The van der Waals surface area contributed by atoms with E-state index in [9.17, 15) is 0 Å². The van der Waals surface area contributed by atoms with Crippen LogP contribution in [0.5, 0.6) is 0 Å². The minimum absolute atomic E-state index is 0.859. The van der Waals surface area contributed by atoms with E-state index < -0.39 is 0 Å². The second kappa shape index (κ2) is 7.25. The van der Waals surface area contributed by atoms with E-state index in [0.717, 1.165) is 38.4 Å². The van der Waals surface area contributed by atoms with Crippen molar-refractivity contribution < 1.29 is 0 Å². The van der Waals surface area contributed by atoms with E-state index in [1.807, 2.05) is 65.7 Å². The number of hydrogen-bond donors (Lipinski definition) is 2. The first-order valence-corrected chi connectivity index (χ1v) is 9.74. The molecule has 0 aliphatic rings. The Hall–Kier alpha value is -3.51. The highest BCUT2D eigenvalue weighted by molar-refractivity contribution is 8.00. The molecule has 0 fully saturated rings. The van der Waals surface area contributed by atoms with E-state index in [2.05, 4.69) is 44.1 Å². The third-order valence-electron chi connectivity index (χ3n) is 4.52. The number of rotatable bonds is 5. The van der Waals surface area contributed by atoms with E-state index in [1.54, 1.807) is 18.1 Å². The van der Waals surface area contributed by atoms with Crippen LogP contribution in [0.2, 0.25) is 0 Å². The first-order valence-electron chi connectivity index (χ1n) is 8.93. The molecule has 0 saturated heterocycles. The SMILES string of the molecule is c1ccc(SNc2ccnc3[nH]cc(-c4cccc(-n5cccn5)c4)c23)cc1. The second-order valence-electron chi connectivity index (χ2n) is 6.30. The van der Waals surface area contributed by atoms with Crippen LogP contribution in [0.15, 0.2) is 96.4 Å². The van der Waals surface area contributed by atoms with Crippen LogP contribution >= 0.6 is 11.9 Å². The van der Waals surface area contributed by atoms with Crippen LogP contribution in [-0.4, -0.2) is 19.7 Å². The van der Waals surface area contributed by atoms with Crippen molar-refractivity contribution in [3.05, 3.63) is 91.5 Å². The molecule has 2 aromatic carbocycles. The summed E-state index contributed by atoms with van der Waals surface area (Å²) in [4.78, 5) is 8.95. The fraction of sp³-hybridized carbons (Fsp3) is 0. The van der Waals surface area contributed by atoms with Gasteiger partial charge in [-0.1, -0.05) is 30.3 Å². The van der Waals surface area contributed by atoms with Gasteiger partial charge in [-0.05, 0) is 53.9 Å². The number of anilines is 1. The molecule has 0 radical (unpaired) electrons. The van der Waals surface area contributed by atoms with Crippen molar-refractivity contribution in [1.29, 1.82) is 0 Å². The Kier molecular flexibility index (Phi) is 4.31. The van der Waals surface area contributed by atoms with Crippen LogP contribution in [0.3, 0.4) is 0 Å². The molecule has 0 unspecified atom stereocenters. The Morgan fingerprint density at radius 1 is 0.929 bits per heavy atom. The minimum atomic E-state index is 0.859.